The predicted molar refractivity (Wildman–Crippen MR) is 96.4 cm³/mol. The van der Waals surface area contributed by atoms with E-state index in [9.17, 15) is 17.2 Å². The summed E-state index contributed by atoms with van der Waals surface area (Å²) in [7, 11) is -3.81. The standard InChI is InChI=1S/C20H18F2O2S/c1-3-4-14-6-8-15(9-7-14)16-11-17(21)20(18(22)12-16)19-10-5-13(2)25(19,23)24/h5-12H,3-4H2,1-2H3. The number of hydrogen-bond donors (Lipinski definition) is 0. The van der Waals surface area contributed by atoms with Crippen LogP contribution >= 0.6 is 0 Å². The molecule has 2 nitrogen and oxygen atoms in total. The third kappa shape index (κ3) is 3.16. The average Bonchev–Trinajstić information content (AvgIpc) is 2.82. The third-order valence-electron chi connectivity index (χ3n) is 4.30. The van der Waals surface area contributed by atoms with Gasteiger partial charge in [0.1, 0.15) is 11.6 Å². The first-order valence-corrected chi connectivity index (χ1v) is 9.55. The fourth-order valence-corrected chi connectivity index (χ4v) is 4.20. The summed E-state index contributed by atoms with van der Waals surface area (Å²) in [6.45, 7) is 3.49. The summed E-state index contributed by atoms with van der Waals surface area (Å²) in [5, 5.41) is 0. The Kier molecular flexibility index (Phi) is 4.60. The zero-order chi connectivity index (χ0) is 18.2. The molecule has 0 bridgehead atoms. The van der Waals surface area contributed by atoms with Gasteiger partial charge in [0.25, 0.3) is 0 Å². The zero-order valence-corrected chi connectivity index (χ0v) is 14.8. The van der Waals surface area contributed by atoms with E-state index in [4.69, 9.17) is 0 Å². The number of hydrogen-bond acceptors (Lipinski definition) is 2. The zero-order valence-electron chi connectivity index (χ0n) is 14.0. The normalized spacial score (nSPS) is 15.8. The molecule has 0 aliphatic carbocycles. The minimum Gasteiger partial charge on any atom is -0.219 e. The Bertz CT molecular complexity index is 962. The molecule has 0 saturated heterocycles. The molecule has 2 aromatic rings. The number of rotatable bonds is 4. The van der Waals surface area contributed by atoms with Gasteiger partial charge in [-0.25, -0.2) is 17.2 Å². The van der Waals surface area contributed by atoms with Crippen LogP contribution in [0.1, 0.15) is 31.4 Å². The molecule has 25 heavy (non-hydrogen) atoms. The summed E-state index contributed by atoms with van der Waals surface area (Å²) < 4.78 is 53.5. The van der Waals surface area contributed by atoms with Crippen molar-refractivity contribution in [3.05, 3.63) is 76.2 Å². The van der Waals surface area contributed by atoms with E-state index in [0.717, 1.165) is 18.4 Å². The van der Waals surface area contributed by atoms with Crippen LogP contribution in [0.5, 0.6) is 0 Å². The molecule has 0 unspecified atom stereocenters. The van der Waals surface area contributed by atoms with Gasteiger partial charge in [-0.2, -0.15) is 0 Å². The number of benzene rings is 2. The minimum atomic E-state index is -3.81. The van der Waals surface area contributed by atoms with Crippen molar-refractivity contribution in [3.63, 3.8) is 0 Å². The highest BCUT2D eigenvalue weighted by Crippen LogP contribution is 2.36. The van der Waals surface area contributed by atoms with Crippen LogP contribution in [0.2, 0.25) is 0 Å². The molecular weight excluding hydrogens is 342 g/mol. The number of sulfone groups is 1. The lowest BCUT2D eigenvalue weighted by atomic mass is 10.00. The maximum Gasteiger partial charge on any atom is 0.203 e. The number of aryl methyl sites for hydroxylation is 1. The molecular formula is C20H18F2O2S. The van der Waals surface area contributed by atoms with E-state index in [-0.39, 0.29) is 9.81 Å². The molecule has 0 spiro atoms. The van der Waals surface area contributed by atoms with Gasteiger partial charge in [-0.3, -0.25) is 0 Å². The van der Waals surface area contributed by atoms with E-state index >= 15 is 0 Å². The monoisotopic (exact) mass is 360 g/mol. The third-order valence-corrected chi connectivity index (χ3v) is 6.20. The Balaban J connectivity index is 2.02. The molecule has 0 radical (unpaired) electrons. The fourth-order valence-electron chi connectivity index (χ4n) is 2.89. The maximum atomic E-state index is 14.6. The van der Waals surface area contributed by atoms with Crippen molar-refractivity contribution in [2.45, 2.75) is 26.7 Å². The van der Waals surface area contributed by atoms with Crippen LogP contribution in [0.15, 0.2) is 53.5 Å². The van der Waals surface area contributed by atoms with E-state index in [0.29, 0.717) is 11.1 Å². The van der Waals surface area contributed by atoms with Crippen molar-refractivity contribution in [3.8, 4) is 11.1 Å². The average molecular weight is 360 g/mol. The molecule has 5 heteroatoms. The topological polar surface area (TPSA) is 34.1 Å². The van der Waals surface area contributed by atoms with Gasteiger partial charge in [0.05, 0.1) is 10.5 Å². The van der Waals surface area contributed by atoms with E-state index in [1.807, 2.05) is 24.3 Å². The van der Waals surface area contributed by atoms with Gasteiger partial charge in [0, 0.05) is 4.91 Å². The lowest BCUT2D eigenvalue weighted by molar-refractivity contribution is 0.576. The molecule has 0 saturated carbocycles. The molecule has 0 amide bonds. The van der Waals surface area contributed by atoms with E-state index in [1.165, 1.54) is 31.2 Å². The molecule has 1 aliphatic heterocycles. The van der Waals surface area contributed by atoms with Crippen LogP contribution < -0.4 is 0 Å². The van der Waals surface area contributed by atoms with Crippen LogP contribution in [0.3, 0.4) is 0 Å². The first-order valence-electron chi connectivity index (χ1n) is 8.07. The molecule has 3 rings (SSSR count). The van der Waals surface area contributed by atoms with Crippen molar-refractivity contribution < 1.29 is 17.2 Å². The molecule has 0 aromatic heterocycles. The second-order valence-corrected chi connectivity index (χ2v) is 8.16. The summed E-state index contributed by atoms with van der Waals surface area (Å²) in [6.07, 6.45) is 4.56. The molecule has 1 aliphatic rings. The summed E-state index contributed by atoms with van der Waals surface area (Å²) >= 11 is 0. The smallest absolute Gasteiger partial charge is 0.203 e. The molecule has 1 heterocycles. The Morgan fingerprint density at radius 1 is 0.920 bits per heavy atom. The van der Waals surface area contributed by atoms with Crippen molar-refractivity contribution in [1.82, 2.24) is 0 Å². The van der Waals surface area contributed by atoms with Crippen LogP contribution in [0.4, 0.5) is 8.78 Å². The molecule has 0 fully saturated rings. The molecule has 0 atom stereocenters. The Morgan fingerprint density at radius 3 is 2.00 bits per heavy atom. The van der Waals surface area contributed by atoms with Crippen molar-refractivity contribution >= 4 is 14.7 Å². The molecule has 0 N–H and O–H groups in total. The van der Waals surface area contributed by atoms with Crippen LogP contribution in [0.25, 0.3) is 16.0 Å². The SMILES string of the molecule is CCCc1ccc(-c2cc(F)c(C3=CC=C(C)S3(=O)=O)c(F)c2)cc1. The lowest BCUT2D eigenvalue weighted by Crippen LogP contribution is -2.05. The molecule has 2 aromatic carbocycles. The van der Waals surface area contributed by atoms with E-state index in [2.05, 4.69) is 6.92 Å². The second-order valence-electron chi connectivity index (χ2n) is 6.07. The highest BCUT2D eigenvalue weighted by atomic mass is 32.2. The summed E-state index contributed by atoms with van der Waals surface area (Å²) in [6, 6.07) is 9.85. The fraction of sp³-hybridized carbons (Fsp3) is 0.200. The highest BCUT2D eigenvalue weighted by Gasteiger charge is 2.30. The van der Waals surface area contributed by atoms with E-state index in [1.54, 1.807) is 0 Å². The predicted octanol–water partition coefficient (Wildman–Crippen LogP) is 5.26. The van der Waals surface area contributed by atoms with Gasteiger partial charge < -0.3 is 0 Å². The van der Waals surface area contributed by atoms with Gasteiger partial charge >= 0.3 is 0 Å². The Hall–Kier alpha value is -2.27. The largest absolute Gasteiger partial charge is 0.219 e. The first-order chi connectivity index (χ1) is 11.8. The Morgan fingerprint density at radius 2 is 1.52 bits per heavy atom. The Labute approximate surface area is 146 Å². The van der Waals surface area contributed by atoms with Crippen molar-refractivity contribution in [2.75, 3.05) is 0 Å². The first kappa shape index (κ1) is 17.5. The van der Waals surface area contributed by atoms with Gasteiger partial charge in [0.2, 0.25) is 9.84 Å². The van der Waals surface area contributed by atoms with E-state index < -0.39 is 27.0 Å². The highest BCUT2D eigenvalue weighted by molar-refractivity contribution is 8.04. The quantitative estimate of drug-likeness (QED) is 0.745. The van der Waals surface area contributed by atoms with Crippen LogP contribution in [-0.4, -0.2) is 8.42 Å². The second kappa shape index (κ2) is 6.56. The summed E-state index contributed by atoms with van der Waals surface area (Å²) in [5.41, 5.74) is 1.72. The van der Waals surface area contributed by atoms with Crippen molar-refractivity contribution in [1.29, 1.82) is 0 Å². The van der Waals surface area contributed by atoms with Gasteiger partial charge in [0.15, 0.2) is 0 Å². The summed E-state index contributed by atoms with van der Waals surface area (Å²) in [5.74, 6) is -1.77. The van der Waals surface area contributed by atoms with Crippen molar-refractivity contribution in [2.24, 2.45) is 0 Å². The lowest BCUT2D eigenvalue weighted by Gasteiger charge is -2.11. The minimum absolute atomic E-state index is 0.0805. The van der Waals surface area contributed by atoms with Gasteiger partial charge in [-0.1, -0.05) is 37.6 Å². The molecule has 130 valence electrons. The van der Waals surface area contributed by atoms with Gasteiger partial charge in [-0.05, 0) is 54.3 Å². The summed E-state index contributed by atoms with van der Waals surface area (Å²) in [4.78, 5) is -0.248. The number of halogens is 2. The van der Waals surface area contributed by atoms with Crippen LogP contribution in [0, 0.1) is 11.6 Å². The van der Waals surface area contributed by atoms with Gasteiger partial charge in [-0.15, -0.1) is 0 Å². The van der Waals surface area contributed by atoms with Crippen LogP contribution in [-0.2, 0) is 16.3 Å². The number of allylic oxidation sites excluding steroid dienone is 3. The maximum absolute atomic E-state index is 14.6.